The van der Waals surface area contributed by atoms with Crippen molar-refractivity contribution in [2.45, 2.75) is 20.0 Å². The molecule has 1 saturated heterocycles. The fourth-order valence-electron chi connectivity index (χ4n) is 2.59. The third kappa shape index (κ3) is 4.12. The molecule has 1 aliphatic heterocycles. The molecule has 2 aromatic rings. The van der Waals surface area contributed by atoms with Crippen molar-refractivity contribution in [2.24, 2.45) is 0 Å². The van der Waals surface area contributed by atoms with Crippen LogP contribution in [0.4, 0.5) is 10.5 Å². The lowest BCUT2D eigenvalue weighted by molar-refractivity contribution is -0.113. The monoisotopic (exact) mass is 403 g/mol. The molecule has 0 aromatic heterocycles. The Morgan fingerprint density at radius 3 is 2.48 bits per heavy atom. The molecule has 0 spiro atoms. The highest BCUT2D eigenvalue weighted by molar-refractivity contribution is 8.19. The van der Waals surface area contributed by atoms with E-state index in [9.17, 15) is 9.59 Å². The van der Waals surface area contributed by atoms with E-state index in [1.807, 2.05) is 19.9 Å². The van der Waals surface area contributed by atoms with Crippen LogP contribution in [0.25, 0.3) is 6.08 Å². The number of thioether (sulfide) groups is 1. The van der Waals surface area contributed by atoms with Gasteiger partial charge in [-0.1, -0.05) is 29.8 Å². The Labute approximate surface area is 166 Å². The van der Waals surface area contributed by atoms with Gasteiger partial charge >= 0.3 is 0 Å². The number of ether oxygens (including phenoxy) is 2. The van der Waals surface area contributed by atoms with Crippen molar-refractivity contribution in [1.29, 1.82) is 0 Å². The summed E-state index contributed by atoms with van der Waals surface area (Å²) in [7, 11) is 1.52. The van der Waals surface area contributed by atoms with Gasteiger partial charge in [0.25, 0.3) is 11.1 Å². The van der Waals surface area contributed by atoms with Crippen molar-refractivity contribution in [3.8, 4) is 11.5 Å². The van der Waals surface area contributed by atoms with E-state index in [1.54, 1.807) is 42.5 Å². The molecule has 1 heterocycles. The molecule has 0 bridgehead atoms. The number of halogens is 1. The minimum Gasteiger partial charge on any atom is -0.493 e. The number of carbonyl (C=O) groups excluding carboxylic acids is 2. The van der Waals surface area contributed by atoms with Crippen LogP contribution < -0.4 is 14.4 Å². The maximum absolute atomic E-state index is 12.7. The Balaban J connectivity index is 1.94. The second kappa shape index (κ2) is 8.06. The first kappa shape index (κ1) is 19.3. The number of anilines is 1. The second-order valence-corrected chi connectivity index (χ2v) is 7.45. The van der Waals surface area contributed by atoms with E-state index >= 15 is 0 Å². The highest BCUT2D eigenvalue weighted by atomic mass is 35.5. The third-order valence-electron chi connectivity index (χ3n) is 3.71. The van der Waals surface area contributed by atoms with Crippen molar-refractivity contribution in [3.63, 3.8) is 0 Å². The Hall–Kier alpha value is -2.44. The molecule has 140 valence electrons. The molecule has 2 amide bonds. The van der Waals surface area contributed by atoms with Gasteiger partial charge in [0.15, 0.2) is 11.5 Å². The van der Waals surface area contributed by atoms with Crippen molar-refractivity contribution in [1.82, 2.24) is 0 Å². The van der Waals surface area contributed by atoms with Gasteiger partial charge in [0.1, 0.15) is 0 Å². The van der Waals surface area contributed by atoms with Crippen molar-refractivity contribution in [3.05, 3.63) is 58.0 Å². The number of hydrogen-bond donors (Lipinski definition) is 0. The summed E-state index contributed by atoms with van der Waals surface area (Å²) >= 11 is 7.22. The number of carbonyl (C=O) groups is 2. The summed E-state index contributed by atoms with van der Waals surface area (Å²) in [5.41, 5.74) is 1.19. The minimum atomic E-state index is -0.367. The zero-order valence-electron chi connectivity index (χ0n) is 15.1. The Morgan fingerprint density at radius 2 is 1.85 bits per heavy atom. The molecule has 1 fully saturated rings. The molecule has 0 aliphatic carbocycles. The van der Waals surface area contributed by atoms with Gasteiger partial charge in [-0.15, -0.1) is 0 Å². The van der Waals surface area contributed by atoms with Crippen LogP contribution in [0.1, 0.15) is 19.4 Å². The fraction of sp³-hybridized carbons (Fsp3) is 0.200. The molecule has 2 aromatic carbocycles. The summed E-state index contributed by atoms with van der Waals surface area (Å²) < 4.78 is 11.1. The van der Waals surface area contributed by atoms with Gasteiger partial charge < -0.3 is 9.47 Å². The van der Waals surface area contributed by atoms with Crippen LogP contribution in [0.5, 0.6) is 11.5 Å². The Kier molecular flexibility index (Phi) is 5.77. The maximum atomic E-state index is 12.7. The number of benzene rings is 2. The average Bonchev–Trinajstić information content (AvgIpc) is 2.91. The molecule has 0 N–H and O–H groups in total. The zero-order chi connectivity index (χ0) is 19.6. The highest BCUT2D eigenvalue weighted by Gasteiger charge is 2.36. The van der Waals surface area contributed by atoms with E-state index in [-0.39, 0.29) is 17.3 Å². The predicted molar refractivity (Wildman–Crippen MR) is 109 cm³/mol. The van der Waals surface area contributed by atoms with E-state index in [0.717, 1.165) is 16.7 Å². The smallest absolute Gasteiger partial charge is 0.298 e. The normalized spacial score (nSPS) is 15.7. The highest BCUT2D eigenvalue weighted by Crippen LogP contribution is 2.40. The molecular formula is C20H18ClNO4S. The van der Waals surface area contributed by atoms with Crippen LogP contribution in [-0.4, -0.2) is 24.4 Å². The molecule has 0 saturated carbocycles. The molecule has 0 radical (unpaired) electrons. The first-order valence-corrected chi connectivity index (χ1v) is 9.47. The number of nitrogens with zero attached hydrogens (tertiary/aromatic N) is 1. The van der Waals surface area contributed by atoms with Gasteiger partial charge in [-0.2, -0.15) is 0 Å². The predicted octanol–water partition coefficient (Wildman–Crippen LogP) is 5.38. The second-order valence-electron chi connectivity index (χ2n) is 6.05. The third-order valence-corrected chi connectivity index (χ3v) is 4.86. The molecule has 7 heteroatoms. The summed E-state index contributed by atoms with van der Waals surface area (Å²) in [4.78, 5) is 26.5. The van der Waals surface area contributed by atoms with Gasteiger partial charge in [-0.05, 0) is 61.5 Å². The molecule has 0 unspecified atom stereocenters. The number of imide groups is 1. The molecule has 0 atom stereocenters. The van der Waals surface area contributed by atoms with Crippen molar-refractivity contribution in [2.75, 3.05) is 12.0 Å². The SMILES string of the molecule is COc1cc(/C=C2/SC(=O)N(c3ccccc3)C2=O)cc(Cl)c1OC(C)C. The lowest BCUT2D eigenvalue weighted by Crippen LogP contribution is -2.27. The van der Waals surface area contributed by atoms with E-state index in [0.29, 0.717) is 32.7 Å². The van der Waals surface area contributed by atoms with Crippen LogP contribution in [-0.2, 0) is 4.79 Å². The first-order chi connectivity index (χ1) is 12.9. The minimum absolute atomic E-state index is 0.0652. The fourth-order valence-corrected chi connectivity index (χ4v) is 3.70. The van der Waals surface area contributed by atoms with Crippen LogP contribution >= 0.6 is 23.4 Å². The Morgan fingerprint density at radius 1 is 1.15 bits per heavy atom. The van der Waals surface area contributed by atoms with Crippen molar-refractivity contribution < 1.29 is 19.1 Å². The van der Waals surface area contributed by atoms with Crippen molar-refractivity contribution >= 4 is 46.3 Å². The van der Waals surface area contributed by atoms with Gasteiger partial charge in [-0.25, -0.2) is 4.90 Å². The zero-order valence-corrected chi connectivity index (χ0v) is 16.6. The van der Waals surface area contributed by atoms with Crippen LogP contribution in [0, 0.1) is 0 Å². The molecule has 1 aliphatic rings. The topological polar surface area (TPSA) is 55.8 Å². The number of para-hydroxylation sites is 1. The molecule has 3 rings (SSSR count). The van der Waals surface area contributed by atoms with E-state index in [4.69, 9.17) is 21.1 Å². The van der Waals surface area contributed by atoms with E-state index < -0.39 is 0 Å². The van der Waals surface area contributed by atoms with Gasteiger partial charge in [0, 0.05) is 0 Å². The summed E-state index contributed by atoms with van der Waals surface area (Å²) in [6, 6.07) is 12.2. The molecule has 5 nitrogen and oxygen atoms in total. The largest absolute Gasteiger partial charge is 0.493 e. The standard InChI is InChI=1S/C20H18ClNO4S/c1-12(2)26-18-15(21)9-13(10-16(18)25-3)11-17-19(23)22(20(24)27-17)14-7-5-4-6-8-14/h4-12H,1-3H3/b17-11+. The number of methoxy groups -OCH3 is 1. The lowest BCUT2D eigenvalue weighted by Gasteiger charge is -2.15. The quantitative estimate of drug-likeness (QED) is 0.627. The van der Waals surface area contributed by atoms with Crippen LogP contribution in [0.3, 0.4) is 0 Å². The molecule has 27 heavy (non-hydrogen) atoms. The Bertz CT molecular complexity index is 912. The first-order valence-electron chi connectivity index (χ1n) is 8.28. The van der Waals surface area contributed by atoms with Gasteiger partial charge in [0.05, 0.1) is 28.8 Å². The number of hydrogen-bond acceptors (Lipinski definition) is 5. The van der Waals surface area contributed by atoms with Crippen LogP contribution in [0.15, 0.2) is 47.4 Å². The van der Waals surface area contributed by atoms with E-state index in [1.165, 1.54) is 7.11 Å². The van der Waals surface area contributed by atoms with Crippen LogP contribution in [0.2, 0.25) is 5.02 Å². The van der Waals surface area contributed by atoms with Gasteiger partial charge in [-0.3, -0.25) is 9.59 Å². The average molecular weight is 404 g/mol. The van der Waals surface area contributed by atoms with E-state index in [2.05, 4.69) is 0 Å². The maximum Gasteiger partial charge on any atom is 0.298 e. The molecular weight excluding hydrogens is 386 g/mol. The summed E-state index contributed by atoms with van der Waals surface area (Å²) in [6.45, 7) is 3.78. The summed E-state index contributed by atoms with van der Waals surface area (Å²) in [6.07, 6.45) is 1.56. The van der Waals surface area contributed by atoms with Gasteiger partial charge in [0.2, 0.25) is 0 Å². The number of amides is 2. The number of rotatable bonds is 5. The lowest BCUT2D eigenvalue weighted by atomic mass is 10.1. The summed E-state index contributed by atoms with van der Waals surface area (Å²) in [5, 5.41) is 0.0341. The summed E-state index contributed by atoms with van der Waals surface area (Å²) in [5.74, 6) is 0.544.